The van der Waals surface area contributed by atoms with E-state index in [1.807, 2.05) is 0 Å². The number of ether oxygens (including phenoxy) is 3. The molecule has 0 heterocycles. The minimum Gasteiger partial charge on any atom is -0.462 e. The Morgan fingerprint density at radius 1 is 0.362 bits per heavy atom. The van der Waals surface area contributed by atoms with Gasteiger partial charge in [-0.3, -0.25) is 14.4 Å². The van der Waals surface area contributed by atoms with Crippen molar-refractivity contribution in [1.29, 1.82) is 0 Å². The number of esters is 3. The van der Waals surface area contributed by atoms with Crippen molar-refractivity contribution < 1.29 is 28.6 Å². The first-order valence-electron chi connectivity index (χ1n) is 25.8. The number of hydrogen-bond donors (Lipinski definition) is 0. The highest BCUT2D eigenvalue weighted by Gasteiger charge is 2.19. The van der Waals surface area contributed by atoms with Crippen molar-refractivity contribution in [3.05, 3.63) is 0 Å². The zero-order valence-corrected chi connectivity index (χ0v) is 39.7. The largest absolute Gasteiger partial charge is 0.462 e. The van der Waals surface area contributed by atoms with Crippen LogP contribution in [0.25, 0.3) is 0 Å². The van der Waals surface area contributed by atoms with Gasteiger partial charge in [-0.25, -0.2) is 0 Å². The Kier molecular flexibility index (Phi) is 43.7. The van der Waals surface area contributed by atoms with Crippen LogP contribution in [0.4, 0.5) is 0 Å². The fourth-order valence-electron chi connectivity index (χ4n) is 7.78. The van der Waals surface area contributed by atoms with Crippen molar-refractivity contribution in [2.24, 2.45) is 11.8 Å². The van der Waals surface area contributed by atoms with Crippen LogP contribution < -0.4 is 0 Å². The Labute approximate surface area is 361 Å². The number of carbonyl (C=O) groups excluding carboxylic acids is 3. The molecular weight excluding hydrogens is 721 g/mol. The van der Waals surface area contributed by atoms with Crippen molar-refractivity contribution in [1.82, 2.24) is 0 Å². The van der Waals surface area contributed by atoms with Gasteiger partial charge in [-0.05, 0) is 31.1 Å². The molecule has 0 aromatic carbocycles. The molecular formula is C52H100O6. The maximum Gasteiger partial charge on any atom is 0.306 e. The highest BCUT2D eigenvalue weighted by Crippen LogP contribution is 2.18. The van der Waals surface area contributed by atoms with Crippen molar-refractivity contribution in [2.45, 2.75) is 291 Å². The molecule has 0 aliphatic heterocycles. The summed E-state index contributed by atoms with van der Waals surface area (Å²) in [4.78, 5) is 37.9. The van der Waals surface area contributed by atoms with E-state index in [9.17, 15) is 14.4 Å². The summed E-state index contributed by atoms with van der Waals surface area (Å²) in [7, 11) is 0. The van der Waals surface area contributed by atoms with E-state index < -0.39 is 6.10 Å². The standard InChI is InChI=1S/C52H100O6/c1-6-8-9-10-11-12-13-14-15-16-17-18-19-23-26-32-37-42-50(53)56-45-49(46-57-51(54)43-38-33-29-28-31-36-41-48(5)7-2)58-52(55)44-39-34-27-24-21-20-22-25-30-35-40-47(3)4/h47-49H,6-46H2,1-5H3/t48?,49-/m0/s1. The molecule has 0 N–H and O–H groups in total. The second kappa shape index (κ2) is 44.9. The maximum absolute atomic E-state index is 12.8. The summed E-state index contributed by atoms with van der Waals surface area (Å²) in [5, 5.41) is 0. The molecule has 0 saturated carbocycles. The topological polar surface area (TPSA) is 78.9 Å². The van der Waals surface area contributed by atoms with E-state index in [0.717, 1.165) is 69.6 Å². The molecule has 0 aromatic heterocycles. The Balaban J connectivity index is 4.28. The summed E-state index contributed by atoms with van der Waals surface area (Å²) in [6.45, 7) is 11.3. The number of carbonyl (C=O) groups is 3. The summed E-state index contributed by atoms with van der Waals surface area (Å²) in [5.41, 5.74) is 0. The molecule has 344 valence electrons. The predicted molar refractivity (Wildman–Crippen MR) is 247 cm³/mol. The first kappa shape index (κ1) is 56.4. The van der Waals surface area contributed by atoms with Gasteiger partial charge < -0.3 is 14.2 Å². The van der Waals surface area contributed by atoms with E-state index in [2.05, 4.69) is 34.6 Å². The number of hydrogen-bond acceptors (Lipinski definition) is 6. The lowest BCUT2D eigenvalue weighted by Gasteiger charge is -2.18. The Bertz CT molecular complexity index is 887. The van der Waals surface area contributed by atoms with Gasteiger partial charge in [0, 0.05) is 19.3 Å². The van der Waals surface area contributed by atoms with E-state index in [4.69, 9.17) is 14.2 Å². The molecule has 0 aliphatic rings. The monoisotopic (exact) mass is 821 g/mol. The summed E-state index contributed by atoms with van der Waals surface area (Å²) in [6.07, 6.45) is 45.2. The predicted octanol–water partition coefficient (Wildman–Crippen LogP) is 16.5. The average molecular weight is 821 g/mol. The lowest BCUT2D eigenvalue weighted by molar-refractivity contribution is -0.167. The van der Waals surface area contributed by atoms with E-state index >= 15 is 0 Å². The van der Waals surface area contributed by atoms with Crippen LogP contribution in [0.5, 0.6) is 0 Å². The zero-order chi connectivity index (χ0) is 42.6. The van der Waals surface area contributed by atoms with Crippen LogP contribution in [0, 0.1) is 11.8 Å². The lowest BCUT2D eigenvalue weighted by Crippen LogP contribution is -2.30. The summed E-state index contributed by atoms with van der Waals surface area (Å²) in [6, 6.07) is 0. The molecule has 0 aliphatic carbocycles. The van der Waals surface area contributed by atoms with Crippen LogP contribution >= 0.6 is 0 Å². The van der Waals surface area contributed by atoms with Gasteiger partial charge in [0.05, 0.1) is 0 Å². The minimum atomic E-state index is -0.762. The van der Waals surface area contributed by atoms with Gasteiger partial charge in [0.25, 0.3) is 0 Å². The van der Waals surface area contributed by atoms with Crippen LogP contribution in [0.15, 0.2) is 0 Å². The van der Waals surface area contributed by atoms with E-state index in [1.165, 1.54) is 173 Å². The van der Waals surface area contributed by atoms with Crippen molar-refractivity contribution >= 4 is 17.9 Å². The summed E-state index contributed by atoms with van der Waals surface area (Å²) >= 11 is 0. The van der Waals surface area contributed by atoms with E-state index in [1.54, 1.807) is 0 Å². The third kappa shape index (κ3) is 44.0. The van der Waals surface area contributed by atoms with Crippen LogP contribution in [-0.2, 0) is 28.6 Å². The molecule has 6 nitrogen and oxygen atoms in total. The first-order valence-corrected chi connectivity index (χ1v) is 25.8. The smallest absolute Gasteiger partial charge is 0.306 e. The van der Waals surface area contributed by atoms with E-state index in [0.29, 0.717) is 19.3 Å². The molecule has 0 spiro atoms. The highest BCUT2D eigenvalue weighted by atomic mass is 16.6. The molecule has 0 amide bonds. The van der Waals surface area contributed by atoms with Gasteiger partial charge in [0.1, 0.15) is 13.2 Å². The summed E-state index contributed by atoms with van der Waals surface area (Å²) in [5.74, 6) is 0.778. The third-order valence-electron chi connectivity index (χ3n) is 12.1. The van der Waals surface area contributed by atoms with Gasteiger partial charge >= 0.3 is 17.9 Å². The molecule has 0 radical (unpaired) electrons. The maximum atomic E-state index is 12.8. The normalized spacial score (nSPS) is 12.5. The lowest BCUT2D eigenvalue weighted by atomic mass is 10.00. The van der Waals surface area contributed by atoms with Crippen molar-refractivity contribution in [3.8, 4) is 0 Å². The third-order valence-corrected chi connectivity index (χ3v) is 12.1. The molecule has 58 heavy (non-hydrogen) atoms. The molecule has 1 unspecified atom stereocenters. The minimum absolute atomic E-state index is 0.0646. The van der Waals surface area contributed by atoms with Crippen LogP contribution in [0.2, 0.25) is 0 Å². The van der Waals surface area contributed by atoms with Gasteiger partial charge in [-0.1, -0.05) is 247 Å². The second-order valence-electron chi connectivity index (χ2n) is 18.5. The molecule has 0 aromatic rings. The SMILES string of the molecule is CCCCCCCCCCCCCCCCCCCC(=O)OC[C@@H](COC(=O)CCCCCCCCC(C)CC)OC(=O)CCCCCCCCCCCCC(C)C. The van der Waals surface area contributed by atoms with Gasteiger partial charge in [0.15, 0.2) is 6.10 Å². The molecule has 6 heteroatoms. The molecule has 2 atom stereocenters. The van der Waals surface area contributed by atoms with Gasteiger partial charge in [-0.15, -0.1) is 0 Å². The number of unbranched alkanes of at least 4 members (excludes halogenated alkanes) is 30. The van der Waals surface area contributed by atoms with Crippen molar-refractivity contribution in [3.63, 3.8) is 0 Å². The fourth-order valence-corrected chi connectivity index (χ4v) is 7.78. The molecule has 0 rings (SSSR count). The van der Waals surface area contributed by atoms with Crippen LogP contribution in [0.1, 0.15) is 285 Å². The van der Waals surface area contributed by atoms with Crippen LogP contribution in [0.3, 0.4) is 0 Å². The quantitative estimate of drug-likeness (QED) is 0.0346. The van der Waals surface area contributed by atoms with Gasteiger partial charge in [-0.2, -0.15) is 0 Å². The Morgan fingerprint density at radius 2 is 0.655 bits per heavy atom. The molecule has 0 saturated heterocycles. The van der Waals surface area contributed by atoms with Gasteiger partial charge in [0.2, 0.25) is 0 Å². The summed E-state index contributed by atoms with van der Waals surface area (Å²) < 4.78 is 16.8. The van der Waals surface area contributed by atoms with Crippen LogP contribution in [-0.4, -0.2) is 37.2 Å². The molecule has 0 bridgehead atoms. The average Bonchev–Trinajstić information content (AvgIpc) is 3.21. The van der Waals surface area contributed by atoms with Crippen molar-refractivity contribution in [2.75, 3.05) is 13.2 Å². The Hall–Kier alpha value is -1.59. The van der Waals surface area contributed by atoms with E-state index in [-0.39, 0.29) is 31.1 Å². The highest BCUT2D eigenvalue weighted by molar-refractivity contribution is 5.71. The second-order valence-corrected chi connectivity index (χ2v) is 18.5. The number of rotatable bonds is 46. The first-order chi connectivity index (χ1) is 28.3. The Morgan fingerprint density at radius 3 is 0.983 bits per heavy atom. The molecule has 0 fully saturated rings. The fraction of sp³-hybridized carbons (Fsp3) is 0.942. The zero-order valence-electron chi connectivity index (χ0n) is 39.7.